The van der Waals surface area contributed by atoms with Gasteiger partial charge in [0.05, 0.1) is 18.4 Å². The lowest BCUT2D eigenvalue weighted by molar-refractivity contribution is -0.124. The van der Waals surface area contributed by atoms with Crippen molar-refractivity contribution in [1.82, 2.24) is 14.9 Å². The Morgan fingerprint density at radius 1 is 1.18 bits per heavy atom. The Labute approximate surface area is 165 Å². The third-order valence-electron chi connectivity index (χ3n) is 5.03. The SMILES string of the molecule is COc1ccc(-c2ccc(C(=O)N3CCC[C@@H](C(=O)CC(C)C)C3)cn2)cn1. The highest BCUT2D eigenvalue weighted by Crippen LogP contribution is 2.23. The lowest BCUT2D eigenvalue weighted by atomic mass is 9.89. The van der Waals surface area contributed by atoms with Gasteiger partial charge in [-0.2, -0.15) is 0 Å². The van der Waals surface area contributed by atoms with E-state index < -0.39 is 0 Å². The fraction of sp³-hybridized carbons (Fsp3) is 0.455. The maximum atomic E-state index is 12.9. The second-order valence-electron chi connectivity index (χ2n) is 7.68. The zero-order valence-electron chi connectivity index (χ0n) is 16.7. The highest BCUT2D eigenvalue weighted by atomic mass is 16.5. The number of amides is 1. The number of hydrogen-bond acceptors (Lipinski definition) is 5. The smallest absolute Gasteiger partial charge is 0.255 e. The third kappa shape index (κ3) is 4.74. The Kier molecular flexibility index (Phi) is 6.39. The minimum Gasteiger partial charge on any atom is -0.481 e. The van der Waals surface area contributed by atoms with Gasteiger partial charge in [0.2, 0.25) is 5.88 Å². The molecular formula is C22H27N3O3. The van der Waals surface area contributed by atoms with Crippen molar-refractivity contribution in [3.8, 4) is 17.1 Å². The predicted octanol–water partition coefficient (Wildman–Crippen LogP) is 3.62. The Bertz CT molecular complexity index is 816. The molecule has 0 aliphatic carbocycles. The average Bonchev–Trinajstić information content (AvgIpc) is 2.73. The number of ketones is 1. The summed E-state index contributed by atoms with van der Waals surface area (Å²) in [5.74, 6) is 1.06. The minimum absolute atomic E-state index is 0.0438. The van der Waals surface area contributed by atoms with Crippen LogP contribution in [0.3, 0.4) is 0 Å². The van der Waals surface area contributed by atoms with Gasteiger partial charge in [-0.05, 0) is 37.0 Å². The van der Waals surface area contributed by atoms with E-state index in [9.17, 15) is 9.59 Å². The first kappa shape index (κ1) is 20.0. The van der Waals surface area contributed by atoms with Gasteiger partial charge in [-0.15, -0.1) is 0 Å². The fourth-order valence-corrected chi connectivity index (χ4v) is 3.52. The standard InChI is InChI=1S/C22H27N3O3/c1-15(2)11-20(26)18-5-4-10-25(14-18)22(27)17-6-8-19(23-13-17)16-7-9-21(28-3)24-12-16/h6-9,12-13,15,18H,4-5,10-11,14H2,1-3H3/t18-/m1/s1. The van der Waals surface area contributed by atoms with Crippen molar-refractivity contribution in [2.45, 2.75) is 33.1 Å². The largest absolute Gasteiger partial charge is 0.481 e. The summed E-state index contributed by atoms with van der Waals surface area (Å²) in [6.45, 7) is 5.30. The van der Waals surface area contributed by atoms with Crippen LogP contribution in [0.2, 0.25) is 0 Å². The van der Waals surface area contributed by atoms with E-state index in [0.29, 0.717) is 36.9 Å². The molecule has 0 bridgehead atoms. The Morgan fingerprint density at radius 2 is 2.00 bits per heavy atom. The van der Waals surface area contributed by atoms with Crippen molar-refractivity contribution in [3.05, 3.63) is 42.2 Å². The van der Waals surface area contributed by atoms with Gasteiger partial charge in [0.1, 0.15) is 5.78 Å². The van der Waals surface area contributed by atoms with Crippen LogP contribution in [0.5, 0.6) is 5.88 Å². The van der Waals surface area contributed by atoms with E-state index in [-0.39, 0.29) is 17.6 Å². The molecule has 1 aliphatic rings. The number of rotatable bonds is 6. The lowest BCUT2D eigenvalue weighted by Gasteiger charge is -2.32. The molecule has 0 spiro atoms. The number of pyridine rings is 2. The summed E-state index contributed by atoms with van der Waals surface area (Å²) in [5.41, 5.74) is 2.15. The van der Waals surface area contributed by atoms with Gasteiger partial charge in [-0.25, -0.2) is 4.98 Å². The highest BCUT2D eigenvalue weighted by Gasteiger charge is 2.29. The van der Waals surface area contributed by atoms with Crippen LogP contribution in [0, 0.1) is 11.8 Å². The van der Waals surface area contributed by atoms with Crippen molar-refractivity contribution in [3.63, 3.8) is 0 Å². The van der Waals surface area contributed by atoms with Crippen molar-refractivity contribution in [2.24, 2.45) is 11.8 Å². The molecule has 1 saturated heterocycles. The van der Waals surface area contributed by atoms with Gasteiger partial charge in [-0.3, -0.25) is 14.6 Å². The van der Waals surface area contributed by atoms with E-state index in [1.807, 2.05) is 12.1 Å². The van der Waals surface area contributed by atoms with Crippen molar-refractivity contribution < 1.29 is 14.3 Å². The molecule has 1 amide bonds. The molecule has 6 heteroatoms. The molecule has 28 heavy (non-hydrogen) atoms. The summed E-state index contributed by atoms with van der Waals surface area (Å²) in [4.78, 5) is 35.7. The third-order valence-corrected chi connectivity index (χ3v) is 5.03. The summed E-state index contributed by atoms with van der Waals surface area (Å²) < 4.78 is 5.06. The number of carbonyl (C=O) groups excluding carboxylic acids is 2. The fourth-order valence-electron chi connectivity index (χ4n) is 3.52. The quantitative estimate of drug-likeness (QED) is 0.764. The van der Waals surface area contributed by atoms with Gasteiger partial charge in [0, 0.05) is 49.5 Å². The van der Waals surface area contributed by atoms with E-state index >= 15 is 0 Å². The molecule has 0 radical (unpaired) electrons. The van der Waals surface area contributed by atoms with Gasteiger partial charge >= 0.3 is 0 Å². The molecule has 1 aliphatic heterocycles. The second kappa shape index (κ2) is 8.95. The number of hydrogen-bond donors (Lipinski definition) is 0. The van der Waals surface area contributed by atoms with E-state index in [4.69, 9.17) is 4.74 Å². The maximum absolute atomic E-state index is 12.9. The molecule has 0 saturated carbocycles. The summed E-state index contributed by atoms with van der Waals surface area (Å²) in [6.07, 6.45) is 5.61. The monoisotopic (exact) mass is 381 g/mol. The van der Waals surface area contributed by atoms with Crippen LogP contribution in [0.25, 0.3) is 11.3 Å². The number of carbonyl (C=O) groups is 2. The van der Waals surface area contributed by atoms with Crippen LogP contribution in [0.15, 0.2) is 36.7 Å². The number of likely N-dealkylation sites (tertiary alicyclic amines) is 1. The summed E-state index contributed by atoms with van der Waals surface area (Å²) in [7, 11) is 1.57. The van der Waals surface area contributed by atoms with E-state index in [1.165, 1.54) is 0 Å². The van der Waals surface area contributed by atoms with E-state index in [2.05, 4.69) is 23.8 Å². The number of methoxy groups -OCH3 is 1. The van der Waals surface area contributed by atoms with Crippen LogP contribution >= 0.6 is 0 Å². The molecule has 3 heterocycles. The normalized spacial score (nSPS) is 16.9. The maximum Gasteiger partial charge on any atom is 0.255 e. The Balaban J connectivity index is 1.67. The molecule has 3 rings (SSSR count). The first-order valence-electron chi connectivity index (χ1n) is 9.76. The van der Waals surface area contributed by atoms with Gasteiger partial charge < -0.3 is 9.64 Å². The molecule has 0 unspecified atom stereocenters. The molecule has 148 valence electrons. The van der Waals surface area contributed by atoms with Gasteiger partial charge in [0.15, 0.2) is 0 Å². The molecular weight excluding hydrogens is 354 g/mol. The summed E-state index contributed by atoms with van der Waals surface area (Å²) in [5, 5.41) is 0. The summed E-state index contributed by atoms with van der Waals surface area (Å²) in [6, 6.07) is 7.26. The topological polar surface area (TPSA) is 72.4 Å². The van der Waals surface area contributed by atoms with Crippen LogP contribution in [0.4, 0.5) is 0 Å². The van der Waals surface area contributed by atoms with E-state index in [0.717, 1.165) is 24.1 Å². The zero-order chi connectivity index (χ0) is 20.1. The van der Waals surface area contributed by atoms with Crippen LogP contribution < -0.4 is 4.74 Å². The zero-order valence-corrected chi connectivity index (χ0v) is 16.7. The van der Waals surface area contributed by atoms with E-state index in [1.54, 1.807) is 36.5 Å². The number of ether oxygens (including phenoxy) is 1. The molecule has 1 atom stereocenters. The summed E-state index contributed by atoms with van der Waals surface area (Å²) >= 11 is 0. The van der Waals surface area contributed by atoms with Crippen molar-refractivity contribution in [2.75, 3.05) is 20.2 Å². The number of aromatic nitrogens is 2. The molecule has 2 aromatic heterocycles. The molecule has 1 fully saturated rings. The molecule has 2 aromatic rings. The first-order valence-corrected chi connectivity index (χ1v) is 9.76. The van der Waals surface area contributed by atoms with Crippen LogP contribution in [-0.2, 0) is 4.79 Å². The second-order valence-corrected chi connectivity index (χ2v) is 7.68. The first-order chi connectivity index (χ1) is 13.5. The Hall–Kier alpha value is -2.76. The van der Waals surface area contributed by atoms with Crippen molar-refractivity contribution in [1.29, 1.82) is 0 Å². The predicted molar refractivity (Wildman–Crippen MR) is 107 cm³/mol. The number of nitrogens with zero attached hydrogens (tertiary/aromatic N) is 3. The molecule has 0 aromatic carbocycles. The van der Waals surface area contributed by atoms with Crippen LogP contribution in [0.1, 0.15) is 43.5 Å². The van der Waals surface area contributed by atoms with Crippen molar-refractivity contribution >= 4 is 11.7 Å². The average molecular weight is 381 g/mol. The Morgan fingerprint density at radius 3 is 2.61 bits per heavy atom. The number of piperidine rings is 1. The van der Waals surface area contributed by atoms with Crippen LogP contribution in [-0.4, -0.2) is 46.8 Å². The highest BCUT2D eigenvalue weighted by molar-refractivity contribution is 5.94. The molecule has 6 nitrogen and oxygen atoms in total. The molecule has 0 N–H and O–H groups in total. The lowest BCUT2D eigenvalue weighted by Crippen LogP contribution is -2.42. The number of Topliss-reactive ketones (excluding diaryl/α,β-unsaturated/α-hetero) is 1. The minimum atomic E-state index is -0.0612. The van der Waals surface area contributed by atoms with Gasteiger partial charge in [0.25, 0.3) is 5.91 Å². The van der Waals surface area contributed by atoms with Gasteiger partial charge in [-0.1, -0.05) is 13.8 Å².